The lowest BCUT2D eigenvalue weighted by Crippen LogP contribution is -1.78. The van der Waals surface area contributed by atoms with Crippen molar-refractivity contribution in [1.29, 1.82) is 0 Å². The van der Waals surface area contributed by atoms with Gasteiger partial charge in [0, 0.05) is 5.56 Å². The number of hydrogen-bond donors (Lipinski definition) is 2. The van der Waals surface area contributed by atoms with E-state index in [-0.39, 0.29) is 11.5 Å². The summed E-state index contributed by atoms with van der Waals surface area (Å²) in [5.41, 5.74) is 1.99. The van der Waals surface area contributed by atoms with Crippen LogP contribution in [0.15, 0.2) is 60.7 Å². The molecule has 0 fully saturated rings. The molecule has 2 heteroatoms. The first-order valence-corrected chi connectivity index (χ1v) is 5.97. The molecule has 0 aliphatic rings. The molecule has 0 aromatic heterocycles. The van der Waals surface area contributed by atoms with Crippen LogP contribution in [0.5, 0.6) is 11.5 Å². The van der Waals surface area contributed by atoms with Gasteiger partial charge < -0.3 is 10.2 Å². The molecule has 2 aromatic carbocycles. The summed E-state index contributed by atoms with van der Waals surface area (Å²) in [4.78, 5) is 0. The van der Waals surface area contributed by atoms with E-state index >= 15 is 0 Å². The van der Waals surface area contributed by atoms with Crippen LogP contribution in [0, 0.1) is 11.8 Å². The Morgan fingerprint density at radius 1 is 0.842 bits per heavy atom. The fourth-order valence-electron chi connectivity index (χ4n) is 1.56. The maximum Gasteiger partial charge on any atom is 0.115 e. The molecule has 0 bridgehead atoms. The van der Waals surface area contributed by atoms with Gasteiger partial charge >= 0.3 is 0 Å². The van der Waals surface area contributed by atoms with Crippen molar-refractivity contribution in [3.63, 3.8) is 0 Å². The van der Waals surface area contributed by atoms with E-state index in [1.54, 1.807) is 42.5 Å². The fraction of sp³-hybridized carbons (Fsp3) is 0.0588. The van der Waals surface area contributed by atoms with Crippen molar-refractivity contribution in [2.75, 3.05) is 0 Å². The third-order valence-electron chi connectivity index (χ3n) is 2.57. The van der Waals surface area contributed by atoms with Gasteiger partial charge in [-0.25, -0.2) is 0 Å². The maximum atomic E-state index is 9.15. The number of phenols is 2. The smallest absolute Gasteiger partial charge is 0.115 e. The highest BCUT2D eigenvalue weighted by Crippen LogP contribution is 2.10. The van der Waals surface area contributed by atoms with Crippen molar-refractivity contribution in [3.05, 3.63) is 71.8 Å². The minimum absolute atomic E-state index is 0.244. The van der Waals surface area contributed by atoms with E-state index in [1.807, 2.05) is 18.2 Å². The highest BCUT2D eigenvalue weighted by atomic mass is 16.3. The van der Waals surface area contributed by atoms with Crippen molar-refractivity contribution >= 4 is 0 Å². The van der Waals surface area contributed by atoms with Gasteiger partial charge in [0.15, 0.2) is 0 Å². The van der Waals surface area contributed by atoms with Gasteiger partial charge in [-0.1, -0.05) is 30.0 Å². The SMILES string of the molecule is Oc1ccc(C#C/C=C\Cc2ccc(O)cc2)cc1. The van der Waals surface area contributed by atoms with Crippen molar-refractivity contribution < 1.29 is 10.2 Å². The molecule has 94 valence electrons. The Kier molecular flexibility index (Phi) is 4.25. The number of hydrogen-bond acceptors (Lipinski definition) is 2. The second-order valence-corrected chi connectivity index (χ2v) is 4.09. The van der Waals surface area contributed by atoms with E-state index in [0.717, 1.165) is 17.5 Å². The van der Waals surface area contributed by atoms with E-state index in [1.165, 1.54) is 0 Å². The monoisotopic (exact) mass is 250 g/mol. The van der Waals surface area contributed by atoms with E-state index < -0.39 is 0 Å². The molecule has 0 amide bonds. The molecule has 0 saturated heterocycles. The summed E-state index contributed by atoms with van der Waals surface area (Å²) in [6, 6.07) is 13.9. The highest BCUT2D eigenvalue weighted by Gasteiger charge is 1.89. The zero-order chi connectivity index (χ0) is 13.5. The second kappa shape index (κ2) is 6.32. The minimum Gasteiger partial charge on any atom is -0.508 e. The van der Waals surface area contributed by atoms with Crippen molar-refractivity contribution in [1.82, 2.24) is 0 Å². The Morgan fingerprint density at radius 3 is 2.05 bits per heavy atom. The summed E-state index contributed by atoms with van der Waals surface area (Å²) in [6.45, 7) is 0. The molecule has 19 heavy (non-hydrogen) atoms. The topological polar surface area (TPSA) is 40.5 Å². The summed E-state index contributed by atoms with van der Waals surface area (Å²) in [5.74, 6) is 6.44. The van der Waals surface area contributed by atoms with Gasteiger partial charge in [-0.15, -0.1) is 0 Å². The van der Waals surface area contributed by atoms with Crippen molar-refractivity contribution in [2.24, 2.45) is 0 Å². The van der Waals surface area contributed by atoms with Crippen LogP contribution in [0.2, 0.25) is 0 Å². The van der Waals surface area contributed by atoms with Crippen LogP contribution in [0.1, 0.15) is 11.1 Å². The van der Waals surface area contributed by atoms with E-state index in [9.17, 15) is 0 Å². The molecule has 0 aliphatic heterocycles. The Balaban J connectivity index is 1.90. The van der Waals surface area contributed by atoms with Gasteiger partial charge in [0.2, 0.25) is 0 Å². The third-order valence-corrected chi connectivity index (χ3v) is 2.57. The summed E-state index contributed by atoms with van der Waals surface area (Å²) in [7, 11) is 0. The zero-order valence-electron chi connectivity index (χ0n) is 10.4. The lowest BCUT2D eigenvalue weighted by molar-refractivity contribution is 0.474. The normalized spacial score (nSPS) is 10.1. The lowest BCUT2D eigenvalue weighted by atomic mass is 10.1. The second-order valence-electron chi connectivity index (χ2n) is 4.09. The fourth-order valence-corrected chi connectivity index (χ4v) is 1.56. The first-order chi connectivity index (χ1) is 9.24. The van der Waals surface area contributed by atoms with Gasteiger partial charge in [0.1, 0.15) is 11.5 Å². The zero-order valence-corrected chi connectivity index (χ0v) is 10.4. The van der Waals surface area contributed by atoms with Crippen LogP contribution >= 0.6 is 0 Å². The van der Waals surface area contributed by atoms with E-state index in [0.29, 0.717) is 0 Å². The molecule has 2 N–H and O–H groups in total. The first-order valence-electron chi connectivity index (χ1n) is 5.97. The van der Waals surface area contributed by atoms with Crippen molar-refractivity contribution in [3.8, 4) is 23.3 Å². The molecular formula is C17H14O2. The van der Waals surface area contributed by atoms with Gasteiger partial charge in [-0.05, 0) is 54.5 Å². The van der Waals surface area contributed by atoms with Crippen LogP contribution < -0.4 is 0 Å². The quantitative estimate of drug-likeness (QED) is 0.803. The maximum absolute atomic E-state index is 9.15. The van der Waals surface area contributed by atoms with Crippen LogP contribution in [0.25, 0.3) is 0 Å². The minimum atomic E-state index is 0.244. The first kappa shape index (κ1) is 12.8. The third kappa shape index (κ3) is 4.25. The Hall–Kier alpha value is -2.66. The van der Waals surface area contributed by atoms with Gasteiger partial charge in [0.05, 0.1) is 0 Å². The van der Waals surface area contributed by atoms with Gasteiger partial charge in [-0.2, -0.15) is 0 Å². The number of phenolic OH excluding ortho intramolecular Hbond substituents is 2. The predicted octanol–water partition coefficient (Wildman–Crippen LogP) is 3.25. The summed E-state index contributed by atoms with van der Waals surface area (Å²) >= 11 is 0. The van der Waals surface area contributed by atoms with Gasteiger partial charge in [-0.3, -0.25) is 0 Å². The molecule has 2 rings (SSSR count). The molecule has 0 unspecified atom stereocenters. The van der Waals surface area contributed by atoms with E-state index in [2.05, 4.69) is 11.8 Å². The number of benzene rings is 2. The van der Waals surface area contributed by atoms with Crippen LogP contribution in [-0.4, -0.2) is 10.2 Å². The number of aromatic hydroxyl groups is 2. The Bertz CT molecular complexity index is 611. The average molecular weight is 250 g/mol. The summed E-state index contributed by atoms with van der Waals surface area (Å²) < 4.78 is 0. The molecule has 0 atom stereocenters. The lowest BCUT2D eigenvalue weighted by Gasteiger charge is -1.95. The molecular weight excluding hydrogens is 236 g/mol. The molecule has 0 heterocycles. The largest absolute Gasteiger partial charge is 0.508 e. The summed E-state index contributed by atoms with van der Waals surface area (Å²) in [6.07, 6.45) is 4.56. The standard InChI is InChI=1S/C17H14O2/c18-16-10-6-14(7-11-16)4-2-1-3-5-15-8-12-17(19)13-9-15/h1-2,6-13,18-19H,4H2/b2-1-. The molecule has 0 saturated carbocycles. The molecule has 0 spiro atoms. The van der Waals surface area contributed by atoms with Gasteiger partial charge in [0.25, 0.3) is 0 Å². The molecule has 2 nitrogen and oxygen atoms in total. The molecule has 0 radical (unpaired) electrons. The highest BCUT2D eigenvalue weighted by molar-refractivity contribution is 5.39. The van der Waals surface area contributed by atoms with Crippen LogP contribution in [-0.2, 0) is 6.42 Å². The molecule has 0 aliphatic carbocycles. The predicted molar refractivity (Wildman–Crippen MR) is 75.9 cm³/mol. The summed E-state index contributed by atoms with van der Waals surface area (Å²) in [5, 5.41) is 18.3. The number of allylic oxidation sites excluding steroid dienone is 2. The van der Waals surface area contributed by atoms with Crippen molar-refractivity contribution in [2.45, 2.75) is 6.42 Å². The molecule has 2 aromatic rings. The van der Waals surface area contributed by atoms with Crippen LogP contribution in [0.3, 0.4) is 0 Å². The number of rotatable bonds is 2. The van der Waals surface area contributed by atoms with Crippen LogP contribution in [0.4, 0.5) is 0 Å². The Morgan fingerprint density at radius 2 is 1.42 bits per heavy atom. The van der Waals surface area contributed by atoms with E-state index in [4.69, 9.17) is 10.2 Å². The Labute approximate surface area is 112 Å². The average Bonchev–Trinajstić information content (AvgIpc) is 2.43.